The highest BCUT2D eigenvalue weighted by Crippen LogP contribution is 2.26. The van der Waals surface area contributed by atoms with Crippen molar-refractivity contribution < 1.29 is 9.90 Å². The second kappa shape index (κ2) is 5.96. The van der Waals surface area contributed by atoms with Gasteiger partial charge < -0.3 is 10.4 Å². The minimum absolute atomic E-state index is 0.225. The van der Waals surface area contributed by atoms with Gasteiger partial charge in [-0.25, -0.2) is 0 Å². The van der Waals surface area contributed by atoms with Crippen LogP contribution in [0.1, 0.15) is 36.5 Å². The van der Waals surface area contributed by atoms with Crippen molar-refractivity contribution in [3.8, 4) is 0 Å². The van der Waals surface area contributed by atoms with Crippen LogP contribution in [0.5, 0.6) is 0 Å². The number of rotatable bonds is 5. The van der Waals surface area contributed by atoms with Gasteiger partial charge in [-0.1, -0.05) is 13.8 Å². The van der Waals surface area contributed by atoms with E-state index in [1.54, 1.807) is 17.8 Å². The lowest BCUT2D eigenvalue weighted by molar-refractivity contribution is 0.0611. The average molecular weight is 283 g/mol. The van der Waals surface area contributed by atoms with Gasteiger partial charge in [0.2, 0.25) is 0 Å². The third-order valence-electron chi connectivity index (χ3n) is 3.15. The van der Waals surface area contributed by atoms with Crippen LogP contribution in [0.25, 0.3) is 0 Å². The van der Waals surface area contributed by atoms with Crippen molar-refractivity contribution in [3.63, 3.8) is 0 Å². The molecule has 1 fully saturated rings. The summed E-state index contributed by atoms with van der Waals surface area (Å²) in [6.45, 7) is 4.53. The number of nitrogens with zero attached hydrogens (tertiary/aromatic N) is 1. The van der Waals surface area contributed by atoms with E-state index < -0.39 is 5.60 Å². The molecule has 106 valence electrons. The highest BCUT2D eigenvalue weighted by molar-refractivity contribution is 7.99. The van der Waals surface area contributed by atoms with Gasteiger partial charge in [0.25, 0.3) is 5.91 Å². The second-order valence-electron chi connectivity index (χ2n) is 5.59. The Bertz CT molecular complexity index is 439. The molecule has 1 saturated heterocycles. The molecular weight excluding hydrogens is 262 g/mol. The Morgan fingerprint density at radius 1 is 1.68 bits per heavy atom. The number of aromatic nitrogens is 2. The number of nitrogens with one attached hydrogen (secondary N) is 2. The fourth-order valence-electron chi connectivity index (χ4n) is 2.09. The highest BCUT2D eigenvalue weighted by Gasteiger charge is 2.32. The minimum Gasteiger partial charge on any atom is -0.387 e. The molecular formula is C13H21N3O2S. The summed E-state index contributed by atoms with van der Waals surface area (Å²) in [5, 5.41) is 19.8. The molecule has 19 heavy (non-hydrogen) atoms. The molecule has 2 heterocycles. The second-order valence-corrected chi connectivity index (χ2v) is 6.69. The molecule has 1 aliphatic heterocycles. The summed E-state index contributed by atoms with van der Waals surface area (Å²) in [5.41, 5.74) is 0.609. The van der Waals surface area contributed by atoms with Gasteiger partial charge in [-0.2, -0.15) is 16.9 Å². The van der Waals surface area contributed by atoms with Gasteiger partial charge >= 0.3 is 0 Å². The molecule has 0 aliphatic carbocycles. The van der Waals surface area contributed by atoms with Crippen LogP contribution in [0.3, 0.4) is 0 Å². The first-order valence-electron chi connectivity index (χ1n) is 6.61. The van der Waals surface area contributed by atoms with Crippen molar-refractivity contribution >= 4 is 17.7 Å². The Morgan fingerprint density at radius 3 is 3.11 bits per heavy atom. The Kier molecular flexibility index (Phi) is 4.52. The predicted molar refractivity (Wildman–Crippen MR) is 76.4 cm³/mol. The Morgan fingerprint density at radius 2 is 2.47 bits per heavy atom. The average Bonchev–Trinajstić information content (AvgIpc) is 2.95. The standard InChI is InChI=1S/C13H21N3O2S/c1-9(2)5-10-6-11(16-15-10)12(17)14-7-13(18)3-4-19-8-13/h6,9,18H,3-5,7-8H2,1-2H3,(H,14,17)(H,15,16)/t13-/m1/s1. The summed E-state index contributed by atoms with van der Waals surface area (Å²) in [7, 11) is 0. The minimum atomic E-state index is -0.753. The lowest BCUT2D eigenvalue weighted by Gasteiger charge is -2.21. The Labute approximate surface area is 117 Å². The molecule has 0 unspecified atom stereocenters. The van der Waals surface area contributed by atoms with E-state index in [0.29, 0.717) is 23.9 Å². The number of hydrogen-bond donors (Lipinski definition) is 3. The number of H-pyrrole nitrogens is 1. The number of carbonyl (C=O) groups excluding carboxylic acids is 1. The molecule has 5 nitrogen and oxygen atoms in total. The monoisotopic (exact) mass is 283 g/mol. The van der Waals surface area contributed by atoms with Crippen molar-refractivity contribution in [3.05, 3.63) is 17.5 Å². The highest BCUT2D eigenvalue weighted by atomic mass is 32.2. The molecule has 1 aliphatic rings. The first-order valence-corrected chi connectivity index (χ1v) is 7.77. The number of thioether (sulfide) groups is 1. The van der Waals surface area contributed by atoms with Crippen molar-refractivity contribution in [2.75, 3.05) is 18.1 Å². The molecule has 1 aromatic heterocycles. The summed E-state index contributed by atoms with van der Waals surface area (Å²) in [6, 6.07) is 1.78. The van der Waals surface area contributed by atoms with Gasteiger partial charge in [0.1, 0.15) is 5.69 Å². The molecule has 0 aromatic carbocycles. The lowest BCUT2D eigenvalue weighted by Crippen LogP contribution is -2.43. The van der Waals surface area contributed by atoms with Crippen LogP contribution in [0, 0.1) is 5.92 Å². The van der Waals surface area contributed by atoms with E-state index in [2.05, 4.69) is 29.4 Å². The first kappa shape index (κ1) is 14.4. The molecule has 6 heteroatoms. The molecule has 2 rings (SSSR count). The van der Waals surface area contributed by atoms with Gasteiger partial charge in [0, 0.05) is 18.0 Å². The lowest BCUT2D eigenvalue weighted by atomic mass is 10.0. The van der Waals surface area contributed by atoms with Crippen LogP contribution < -0.4 is 5.32 Å². The Balaban J connectivity index is 1.87. The van der Waals surface area contributed by atoms with E-state index in [-0.39, 0.29) is 5.91 Å². The molecule has 1 atom stereocenters. The van der Waals surface area contributed by atoms with E-state index in [4.69, 9.17) is 0 Å². The number of hydrogen-bond acceptors (Lipinski definition) is 4. The Hall–Kier alpha value is -1.01. The quantitative estimate of drug-likeness (QED) is 0.759. The first-order chi connectivity index (χ1) is 8.98. The van der Waals surface area contributed by atoms with Crippen LogP contribution in [-0.2, 0) is 6.42 Å². The number of aliphatic hydroxyl groups is 1. The van der Waals surface area contributed by atoms with Crippen molar-refractivity contribution in [1.82, 2.24) is 15.5 Å². The zero-order chi connectivity index (χ0) is 13.9. The van der Waals surface area contributed by atoms with Crippen molar-refractivity contribution in [2.24, 2.45) is 5.92 Å². The number of amides is 1. The third kappa shape index (κ3) is 3.98. The van der Waals surface area contributed by atoms with Gasteiger partial charge in [-0.3, -0.25) is 9.89 Å². The van der Waals surface area contributed by atoms with Crippen LogP contribution in [-0.4, -0.2) is 44.9 Å². The predicted octanol–water partition coefficient (Wildman–Crippen LogP) is 1.21. The number of carbonyl (C=O) groups is 1. The van der Waals surface area contributed by atoms with Crippen LogP contribution in [0.15, 0.2) is 6.07 Å². The molecule has 0 saturated carbocycles. The summed E-state index contributed by atoms with van der Waals surface area (Å²) in [5.74, 6) is 1.93. The summed E-state index contributed by atoms with van der Waals surface area (Å²) in [4.78, 5) is 11.9. The van der Waals surface area contributed by atoms with E-state index in [1.807, 2.05) is 0 Å². The smallest absolute Gasteiger partial charge is 0.271 e. The van der Waals surface area contributed by atoms with Crippen LogP contribution >= 0.6 is 11.8 Å². The van der Waals surface area contributed by atoms with Gasteiger partial charge in [-0.15, -0.1) is 0 Å². The van der Waals surface area contributed by atoms with E-state index in [0.717, 1.165) is 24.3 Å². The van der Waals surface area contributed by atoms with E-state index in [1.165, 1.54) is 0 Å². The van der Waals surface area contributed by atoms with E-state index >= 15 is 0 Å². The molecule has 3 N–H and O–H groups in total. The van der Waals surface area contributed by atoms with Gasteiger partial charge in [-0.05, 0) is 30.6 Å². The molecule has 0 bridgehead atoms. The maximum atomic E-state index is 11.9. The SMILES string of the molecule is CC(C)Cc1cc(C(=O)NC[C@]2(O)CCSC2)n[nH]1. The summed E-state index contributed by atoms with van der Waals surface area (Å²) < 4.78 is 0. The fraction of sp³-hybridized carbons (Fsp3) is 0.692. The topological polar surface area (TPSA) is 78.0 Å². The largest absolute Gasteiger partial charge is 0.387 e. The third-order valence-corrected chi connectivity index (χ3v) is 4.39. The number of aromatic amines is 1. The molecule has 1 amide bonds. The maximum absolute atomic E-state index is 11.9. The summed E-state index contributed by atoms with van der Waals surface area (Å²) in [6.07, 6.45) is 1.61. The van der Waals surface area contributed by atoms with Crippen molar-refractivity contribution in [2.45, 2.75) is 32.3 Å². The van der Waals surface area contributed by atoms with Crippen LogP contribution in [0.4, 0.5) is 0 Å². The maximum Gasteiger partial charge on any atom is 0.271 e. The summed E-state index contributed by atoms with van der Waals surface area (Å²) >= 11 is 1.72. The van der Waals surface area contributed by atoms with E-state index in [9.17, 15) is 9.90 Å². The zero-order valence-electron chi connectivity index (χ0n) is 11.4. The van der Waals surface area contributed by atoms with Crippen LogP contribution in [0.2, 0.25) is 0 Å². The molecule has 1 aromatic rings. The molecule has 0 radical (unpaired) electrons. The fourth-order valence-corrected chi connectivity index (χ4v) is 3.39. The van der Waals surface area contributed by atoms with Crippen molar-refractivity contribution in [1.29, 1.82) is 0 Å². The van der Waals surface area contributed by atoms with Gasteiger partial charge in [0.15, 0.2) is 0 Å². The normalized spacial score (nSPS) is 22.9. The van der Waals surface area contributed by atoms with Gasteiger partial charge in [0.05, 0.1) is 5.60 Å². The molecule has 0 spiro atoms. The zero-order valence-corrected chi connectivity index (χ0v) is 12.2.